The molecule has 0 spiro atoms. The molecule has 1 atom stereocenters. The Bertz CT molecular complexity index is 510. The summed E-state index contributed by atoms with van der Waals surface area (Å²) in [6.45, 7) is 0. The molecule has 3 heteroatoms. The smallest absolute Gasteiger partial charge is 0.115 e. The summed E-state index contributed by atoms with van der Waals surface area (Å²) in [4.78, 5) is 0. The highest BCUT2D eigenvalue weighted by Gasteiger charge is 2.13. The van der Waals surface area contributed by atoms with E-state index in [4.69, 9.17) is 11.6 Å². The molecule has 1 nitrogen and oxygen atoms in total. The molecular weight excluding hydrogens is 312 g/mol. The van der Waals surface area contributed by atoms with Crippen LogP contribution >= 0.6 is 27.5 Å². The van der Waals surface area contributed by atoms with Crippen molar-refractivity contribution in [1.29, 1.82) is 0 Å². The molecule has 0 aliphatic carbocycles. The molecule has 94 valence electrons. The van der Waals surface area contributed by atoms with Gasteiger partial charge >= 0.3 is 0 Å². The molecule has 0 saturated carbocycles. The van der Waals surface area contributed by atoms with Crippen LogP contribution in [-0.4, -0.2) is 11.0 Å². The fourth-order valence-electron chi connectivity index (χ4n) is 1.97. The predicted molar refractivity (Wildman–Crippen MR) is 79.4 cm³/mol. The summed E-state index contributed by atoms with van der Waals surface area (Å²) in [5, 5.41) is 9.28. The minimum Gasteiger partial charge on any atom is -0.508 e. The molecule has 1 N–H and O–H groups in total. The van der Waals surface area contributed by atoms with E-state index in [1.165, 1.54) is 11.1 Å². The molecule has 1 unspecified atom stereocenters. The zero-order valence-corrected chi connectivity index (χ0v) is 12.2. The van der Waals surface area contributed by atoms with E-state index in [-0.39, 0.29) is 5.92 Å². The molecule has 2 aromatic rings. The molecular formula is C15H14BrClO. The molecule has 0 amide bonds. The summed E-state index contributed by atoms with van der Waals surface area (Å²) >= 11 is 9.65. The van der Waals surface area contributed by atoms with Crippen molar-refractivity contribution in [3.05, 3.63) is 64.1 Å². The van der Waals surface area contributed by atoms with Crippen molar-refractivity contribution in [2.75, 3.05) is 5.88 Å². The third-order valence-corrected chi connectivity index (χ3v) is 4.04. The first kappa shape index (κ1) is 13.4. The number of aromatic hydroxyl groups is 1. The Hall–Kier alpha value is -0.990. The highest BCUT2D eigenvalue weighted by atomic mass is 79.9. The Morgan fingerprint density at radius 2 is 1.72 bits per heavy atom. The standard InChI is InChI=1S/C15H14BrClO/c16-15-4-2-1-3-14(15)12(10-17)9-11-5-7-13(18)8-6-11/h1-8,12,18H,9-10H2. The van der Waals surface area contributed by atoms with Crippen LogP contribution in [0.25, 0.3) is 0 Å². The van der Waals surface area contributed by atoms with E-state index in [9.17, 15) is 5.11 Å². The number of benzene rings is 2. The molecule has 0 saturated heterocycles. The number of phenolic OH excluding ortho intramolecular Hbond substituents is 1. The number of hydrogen-bond acceptors (Lipinski definition) is 1. The second-order valence-electron chi connectivity index (χ2n) is 4.24. The van der Waals surface area contributed by atoms with Gasteiger partial charge in [0.1, 0.15) is 5.75 Å². The number of alkyl halides is 1. The van der Waals surface area contributed by atoms with Crippen LogP contribution in [0.5, 0.6) is 5.75 Å². The van der Waals surface area contributed by atoms with Crippen LogP contribution in [0.4, 0.5) is 0 Å². The van der Waals surface area contributed by atoms with Gasteiger partial charge in [-0.1, -0.05) is 46.3 Å². The Balaban J connectivity index is 2.20. The summed E-state index contributed by atoms with van der Waals surface area (Å²) in [5.74, 6) is 1.14. The van der Waals surface area contributed by atoms with E-state index >= 15 is 0 Å². The molecule has 2 rings (SSSR count). The monoisotopic (exact) mass is 324 g/mol. The van der Waals surface area contributed by atoms with E-state index < -0.39 is 0 Å². The van der Waals surface area contributed by atoms with Gasteiger partial charge in [0.05, 0.1) is 0 Å². The SMILES string of the molecule is Oc1ccc(CC(CCl)c2ccccc2Br)cc1. The van der Waals surface area contributed by atoms with Gasteiger partial charge in [0.15, 0.2) is 0 Å². The Labute approximate surface area is 121 Å². The molecule has 2 aromatic carbocycles. The minimum absolute atomic E-state index is 0.270. The molecule has 0 aromatic heterocycles. The highest BCUT2D eigenvalue weighted by Crippen LogP contribution is 2.29. The molecule has 0 radical (unpaired) electrons. The maximum atomic E-state index is 9.28. The lowest BCUT2D eigenvalue weighted by atomic mass is 9.93. The molecule has 0 aliphatic heterocycles. The first-order chi connectivity index (χ1) is 8.70. The maximum absolute atomic E-state index is 9.28. The highest BCUT2D eigenvalue weighted by molar-refractivity contribution is 9.10. The molecule has 0 heterocycles. The lowest BCUT2D eigenvalue weighted by Gasteiger charge is -2.16. The summed E-state index contributed by atoms with van der Waals surface area (Å²) in [7, 11) is 0. The van der Waals surface area contributed by atoms with Crippen LogP contribution < -0.4 is 0 Å². The van der Waals surface area contributed by atoms with Crippen LogP contribution in [0.15, 0.2) is 53.0 Å². The topological polar surface area (TPSA) is 20.2 Å². The van der Waals surface area contributed by atoms with Crippen molar-refractivity contribution in [1.82, 2.24) is 0 Å². The fourth-order valence-corrected chi connectivity index (χ4v) is 2.85. The lowest BCUT2D eigenvalue weighted by Crippen LogP contribution is -2.05. The van der Waals surface area contributed by atoms with E-state index in [2.05, 4.69) is 22.0 Å². The predicted octanol–water partition coefficient (Wildman–Crippen LogP) is 4.72. The number of phenols is 1. The third-order valence-electron chi connectivity index (χ3n) is 2.95. The zero-order valence-electron chi connectivity index (χ0n) is 9.81. The van der Waals surface area contributed by atoms with Crippen molar-refractivity contribution in [3.63, 3.8) is 0 Å². The van der Waals surface area contributed by atoms with Crippen LogP contribution in [0.1, 0.15) is 17.0 Å². The van der Waals surface area contributed by atoms with Gasteiger partial charge in [-0.25, -0.2) is 0 Å². The summed E-state index contributed by atoms with van der Waals surface area (Å²) in [6.07, 6.45) is 0.867. The van der Waals surface area contributed by atoms with Crippen molar-refractivity contribution >= 4 is 27.5 Å². The van der Waals surface area contributed by atoms with Crippen molar-refractivity contribution < 1.29 is 5.11 Å². The van der Waals surface area contributed by atoms with Gasteiger partial charge in [-0.15, -0.1) is 11.6 Å². The van der Waals surface area contributed by atoms with E-state index in [1.54, 1.807) is 12.1 Å². The van der Waals surface area contributed by atoms with Crippen molar-refractivity contribution in [2.45, 2.75) is 12.3 Å². The first-order valence-corrected chi connectivity index (χ1v) is 7.11. The second kappa shape index (κ2) is 6.26. The molecule has 0 bridgehead atoms. The van der Waals surface area contributed by atoms with E-state index in [1.807, 2.05) is 30.3 Å². The van der Waals surface area contributed by atoms with Gasteiger partial charge in [0.25, 0.3) is 0 Å². The van der Waals surface area contributed by atoms with Gasteiger partial charge in [-0.05, 0) is 35.7 Å². The second-order valence-corrected chi connectivity index (χ2v) is 5.41. The van der Waals surface area contributed by atoms with Crippen molar-refractivity contribution in [2.24, 2.45) is 0 Å². The van der Waals surface area contributed by atoms with E-state index in [0.29, 0.717) is 11.6 Å². The minimum atomic E-state index is 0.270. The van der Waals surface area contributed by atoms with Crippen molar-refractivity contribution in [3.8, 4) is 5.75 Å². The fraction of sp³-hybridized carbons (Fsp3) is 0.200. The van der Waals surface area contributed by atoms with Gasteiger partial charge in [0, 0.05) is 16.3 Å². The Kier molecular flexibility index (Phi) is 4.67. The molecule has 0 fully saturated rings. The molecule has 0 aliphatic rings. The van der Waals surface area contributed by atoms with E-state index in [0.717, 1.165) is 10.9 Å². The van der Waals surface area contributed by atoms with Crippen LogP contribution in [0.3, 0.4) is 0 Å². The number of hydrogen-bond donors (Lipinski definition) is 1. The average molecular weight is 326 g/mol. The quantitative estimate of drug-likeness (QED) is 0.806. The van der Waals surface area contributed by atoms with Gasteiger partial charge in [-0.2, -0.15) is 0 Å². The summed E-state index contributed by atoms with van der Waals surface area (Å²) < 4.78 is 1.09. The Morgan fingerprint density at radius 3 is 2.33 bits per heavy atom. The first-order valence-electron chi connectivity index (χ1n) is 5.79. The largest absolute Gasteiger partial charge is 0.508 e. The zero-order chi connectivity index (χ0) is 13.0. The average Bonchev–Trinajstić information content (AvgIpc) is 2.39. The Morgan fingerprint density at radius 1 is 1.06 bits per heavy atom. The van der Waals surface area contributed by atoms with Gasteiger partial charge in [0.2, 0.25) is 0 Å². The maximum Gasteiger partial charge on any atom is 0.115 e. The third kappa shape index (κ3) is 3.27. The van der Waals surface area contributed by atoms with Crippen LogP contribution in [0.2, 0.25) is 0 Å². The van der Waals surface area contributed by atoms with Crippen LogP contribution in [-0.2, 0) is 6.42 Å². The molecule has 18 heavy (non-hydrogen) atoms. The summed E-state index contributed by atoms with van der Waals surface area (Å²) in [5.41, 5.74) is 2.40. The summed E-state index contributed by atoms with van der Waals surface area (Å²) in [6, 6.07) is 15.4. The number of rotatable bonds is 4. The normalized spacial score (nSPS) is 12.3. The van der Waals surface area contributed by atoms with Crippen LogP contribution in [0, 0.1) is 0 Å². The van der Waals surface area contributed by atoms with Gasteiger partial charge < -0.3 is 5.11 Å². The lowest BCUT2D eigenvalue weighted by molar-refractivity contribution is 0.475. The van der Waals surface area contributed by atoms with Gasteiger partial charge in [-0.3, -0.25) is 0 Å². The number of halogens is 2.